The minimum absolute atomic E-state index is 0.0685. The number of hydrogen-bond donors (Lipinski definition) is 0. The standard InChI is InChI=1S/C80H72BF3N6/c1-76(2,3)53-42-54(77(4,5)6)45-58(44-53)89-68-33-23-20-30-64(68)81-65-31-21-24-34-69(65)90(59-46-55(78(7,8)9)43-56(47-59)79(10,11)12)71-41-52(40-70(89)72(71)81)51-35-38-67-62(39-51)60-29-19-22-32-66(60)88(67)57-36-37-61(63(48-57)80(82,83)84)75-86-73(49-25-15-13-16-26-49)85-74(87-75)50-27-17-14-18-28-50/h13-48H,1-12H3. The highest BCUT2D eigenvalue weighted by atomic mass is 19.4. The molecule has 14 rings (SSSR count). The summed E-state index contributed by atoms with van der Waals surface area (Å²) in [5.41, 5.74) is 19.0. The smallest absolute Gasteiger partial charge is 0.311 e. The van der Waals surface area contributed by atoms with Crippen molar-refractivity contribution >= 4 is 79.0 Å². The fourth-order valence-corrected chi connectivity index (χ4v) is 13.3. The molecule has 0 saturated heterocycles. The SMILES string of the molecule is CC(C)(C)c1cc(N2c3ccccc3B3c4ccccc4N(c4cc(C(C)(C)C)cc(C(C)(C)C)c4)c4cc(-c5ccc6c(c5)c5ccccc5n6-c5ccc(-c6nc(-c7ccccc7)nc(-c7ccccc7)n6)c(C(F)(F)F)c5)cc2c43)cc(C(C)(C)C)c1. The highest BCUT2D eigenvalue weighted by Gasteiger charge is 2.44. The van der Waals surface area contributed by atoms with E-state index < -0.39 is 11.7 Å². The Bertz CT molecular complexity index is 4560. The van der Waals surface area contributed by atoms with Crippen LogP contribution >= 0.6 is 0 Å². The van der Waals surface area contributed by atoms with Crippen molar-refractivity contribution in [2.75, 3.05) is 9.80 Å². The first kappa shape index (κ1) is 58.2. The number of hydrogen-bond acceptors (Lipinski definition) is 5. The molecule has 6 nitrogen and oxygen atoms in total. The second-order valence-corrected chi connectivity index (χ2v) is 28.5. The summed E-state index contributed by atoms with van der Waals surface area (Å²) in [7, 11) is 0. The lowest BCUT2D eigenvalue weighted by molar-refractivity contribution is -0.137. The zero-order valence-corrected chi connectivity index (χ0v) is 53.2. The van der Waals surface area contributed by atoms with Gasteiger partial charge >= 0.3 is 6.18 Å². The Morgan fingerprint density at radius 2 is 0.767 bits per heavy atom. The van der Waals surface area contributed by atoms with Crippen LogP contribution in [0.3, 0.4) is 0 Å². The fourth-order valence-electron chi connectivity index (χ4n) is 13.3. The summed E-state index contributed by atoms with van der Waals surface area (Å²) in [6.45, 7) is 27.5. The maximum Gasteiger partial charge on any atom is 0.417 e. The van der Waals surface area contributed by atoms with Crippen LogP contribution in [-0.2, 0) is 27.8 Å². The molecule has 0 unspecified atom stereocenters. The molecular weight excluding hydrogens is 1110 g/mol. The average molecular weight is 1190 g/mol. The Balaban J connectivity index is 1.01. The van der Waals surface area contributed by atoms with Crippen LogP contribution in [0.15, 0.2) is 218 Å². The van der Waals surface area contributed by atoms with Crippen molar-refractivity contribution in [3.8, 4) is 51.0 Å². The molecule has 10 heteroatoms. The van der Waals surface area contributed by atoms with Crippen LogP contribution in [0.1, 0.15) is 111 Å². The van der Waals surface area contributed by atoms with Crippen molar-refractivity contribution in [3.63, 3.8) is 0 Å². The molecule has 2 aromatic heterocycles. The van der Waals surface area contributed by atoms with E-state index in [1.165, 1.54) is 50.8 Å². The lowest BCUT2D eigenvalue weighted by Gasteiger charge is -2.45. The van der Waals surface area contributed by atoms with Crippen LogP contribution in [0.4, 0.5) is 47.3 Å². The summed E-state index contributed by atoms with van der Waals surface area (Å²) >= 11 is 0. The Morgan fingerprint density at radius 1 is 0.333 bits per heavy atom. The van der Waals surface area contributed by atoms with Gasteiger partial charge in [-0.25, -0.2) is 15.0 Å². The lowest BCUT2D eigenvalue weighted by Crippen LogP contribution is -2.61. The van der Waals surface area contributed by atoms with Crippen molar-refractivity contribution in [3.05, 3.63) is 246 Å². The zero-order chi connectivity index (χ0) is 63.0. The molecule has 2 aliphatic rings. The monoisotopic (exact) mass is 1180 g/mol. The molecule has 0 saturated carbocycles. The van der Waals surface area contributed by atoms with Crippen LogP contribution < -0.4 is 26.2 Å². The lowest BCUT2D eigenvalue weighted by atomic mass is 9.33. The van der Waals surface area contributed by atoms with Crippen LogP contribution in [-0.4, -0.2) is 26.2 Å². The van der Waals surface area contributed by atoms with Gasteiger partial charge in [0.25, 0.3) is 6.71 Å². The van der Waals surface area contributed by atoms with Gasteiger partial charge in [-0.15, -0.1) is 0 Å². The van der Waals surface area contributed by atoms with Crippen molar-refractivity contribution in [2.24, 2.45) is 0 Å². The molecule has 0 aliphatic carbocycles. The number of nitrogens with zero attached hydrogens (tertiary/aromatic N) is 6. The third-order valence-electron chi connectivity index (χ3n) is 18.2. The zero-order valence-electron chi connectivity index (χ0n) is 53.2. The van der Waals surface area contributed by atoms with Crippen molar-refractivity contribution in [2.45, 2.75) is 111 Å². The minimum atomic E-state index is -4.77. The predicted octanol–water partition coefficient (Wildman–Crippen LogP) is 19.9. The van der Waals surface area contributed by atoms with Gasteiger partial charge in [-0.05, 0) is 156 Å². The molecule has 0 radical (unpaired) electrons. The first-order valence-electron chi connectivity index (χ1n) is 31.2. The number of rotatable bonds is 7. The molecule has 0 bridgehead atoms. The van der Waals surface area contributed by atoms with Gasteiger partial charge in [-0.2, -0.15) is 13.2 Å². The molecular formula is C80H72BF3N6. The van der Waals surface area contributed by atoms with Crippen LogP contribution in [0.25, 0.3) is 72.8 Å². The maximum absolute atomic E-state index is 15.9. The molecule has 90 heavy (non-hydrogen) atoms. The van der Waals surface area contributed by atoms with E-state index in [9.17, 15) is 0 Å². The van der Waals surface area contributed by atoms with E-state index in [1.807, 2.05) is 83.4 Å². The largest absolute Gasteiger partial charge is 0.417 e. The highest BCUT2D eigenvalue weighted by Crippen LogP contribution is 2.50. The van der Waals surface area contributed by atoms with Crippen LogP contribution in [0.2, 0.25) is 0 Å². The summed E-state index contributed by atoms with van der Waals surface area (Å²) < 4.78 is 49.7. The van der Waals surface area contributed by atoms with Gasteiger partial charge in [0.1, 0.15) is 0 Å². The molecule has 0 N–H and O–H groups in total. The number of anilines is 6. The van der Waals surface area contributed by atoms with E-state index in [0.717, 1.165) is 67.1 Å². The molecule has 0 atom stereocenters. The molecule has 4 heterocycles. The first-order chi connectivity index (χ1) is 42.8. The molecule has 12 aromatic rings. The summed E-state index contributed by atoms with van der Waals surface area (Å²) in [6, 6.07) is 74.6. The number of halogens is 3. The number of benzene rings is 10. The van der Waals surface area contributed by atoms with Gasteiger partial charge in [-0.1, -0.05) is 217 Å². The number of fused-ring (bicyclic) bond motifs is 7. The second-order valence-electron chi connectivity index (χ2n) is 28.5. The Labute approximate surface area is 526 Å². The van der Waals surface area contributed by atoms with Gasteiger partial charge in [0, 0.05) is 67.3 Å². The van der Waals surface area contributed by atoms with Gasteiger partial charge in [0.2, 0.25) is 0 Å². The fraction of sp³-hybridized carbons (Fsp3) is 0.212. The van der Waals surface area contributed by atoms with Gasteiger partial charge in [-0.3, -0.25) is 0 Å². The van der Waals surface area contributed by atoms with Crippen LogP contribution in [0, 0.1) is 0 Å². The minimum Gasteiger partial charge on any atom is -0.311 e. The first-order valence-corrected chi connectivity index (χ1v) is 31.2. The number of aromatic nitrogens is 4. The normalized spacial score (nSPS) is 13.4. The summed E-state index contributed by atoms with van der Waals surface area (Å²) in [6.07, 6.45) is -4.77. The molecule has 10 aromatic carbocycles. The summed E-state index contributed by atoms with van der Waals surface area (Å²) in [5, 5.41) is 1.82. The Morgan fingerprint density at radius 3 is 1.24 bits per heavy atom. The number of para-hydroxylation sites is 3. The quantitative estimate of drug-likeness (QED) is 0.149. The Hall–Kier alpha value is -9.54. The van der Waals surface area contributed by atoms with Crippen molar-refractivity contribution < 1.29 is 13.2 Å². The highest BCUT2D eigenvalue weighted by molar-refractivity contribution is 7.00. The maximum atomic E-state index is 15.9. The van der Waals surface area contributed by atoms with Crippen LogP contribution in [0.5, 0.6) is 0 Å². The predicted molar refractivity (Wildman–Crippen MR) is 370 cm³/mol. The van der Waals surface area contributed by atoms with E-state index in [1.54, 1.807) is 6.07 Å². The third-order valence-corrected chi connectivity index (χ3v) is 18.2. The van der Waals surface area contributed by atoms with Gasteiger partial charge in [0.15, 0.2) is 17.5 Å². The summed E-state index contributed by atoms with van der Waals surface area (Å²) in [4.78, 5) is 19.3. The van der Waals surface area contributed by atoms with E-state index in [2.05, 4.69) is 214 Å². The molecule has 446 valence electrons. The van der Waals surface area contributed by atoms with Crippen molar-refractivity contribution in [1.82, 2.24) is 19.5 Å². The van der Waals surface area contributed by atoms with E-state index in [-0.39, 0.29) is 51.4 Å². The third kappa shape index (κ3) is 10.1. The Kier molecular flexibility index (Phi) is 13.6. The number of alkyl halides is 3. The molecule has 0 amide bonds. The molecule has 0 fully saturated rings. The average Bonchev–Trinajstić information content (AvgIpc) is 0.801. The van der Waals surface area contributed by atoms with E-state index in [4.69, 9.17) is 15.0 Å². The van der Waals surface area contributed by atoms with Crippen molar-refractivity contribution in [1.29, 1.82) is 0 Å². The second kappa shape index (κ2) is 21.0. The van der Waals surface area contributed by atoms with E-state index in [0.29, 0.717) is 16.8 Å². The van der Waals surface area contributed by atoms with Gasteiger partial charge < -0.3 is 14.4 Å². The topological polar surface area (TPSA) is 50.1 Å². The van der Waals surface area contributed by atoms with Gasteiger partial charge in [0.05, 0.1) is 16.6 Å². The summed E-state index contributed by atoms with van der Waals surface area (Å²) in [5.74, 6) is 0.490. The van der Waals surface area contributed by atoms with E-state index >= 15 is 13.2 Å². The molecule has 0 spiro atoms. The molecule has 2 aliphatic heterocycles.